The van der Waals surface area contributed by atoms with E-state index in [9.17, 15) is 4.79 Å². The number of carbonyl (C=O) groups is 1. The average Bonchev–Trinajstić information content (AvgIpc) is 2.18. The molecule has 0 bridgehead atoms. The quantitative estimate of drug-likeness (QED) is 0.615. The molecule has 0 spiro atoms. The van der Waals surface area contributed by atoms with Gasteiger partial charge in [-0.25, -0.2) is 4.99 Å². The summed E-state index contributed by atoms with van der Waals surface area (Å²) in [4.78, 5) is 15.2. The average molecular weight is 184 g/mol. The van der Waals surface area contributed by atoms with Gasteiger partial charge in [-0.1, -0.05) is 24.3 Å². The Morgan fingerprint density at radius 3 is 2.86 bits per heavy atom. The maximum Gasteiger partial charge on any atom is 0.267 e. The minimum absolute atomic E-state index is 0.358. The number of nitriles is 1. The van der Waals surface area contributed by atoms with Crippen molar-refractivity contribution in [1.29, 1.82) is 5.26 Å². The number of fused-ring (bicyclic) bond motifs is 1. The van der Waals surface area contributed by atoms with Crippen LogP contribution in [0.15, 0.2) is 29.3 Å². The Morgan fingerprint density at radius 2 is 2.14 bits per heavy atom. The zero-order valence-electron chi connectivity index (χ0n) is 7.69. The van der Waals surface area contributed by atoms with Crippen molar-refractivity contribution in [2.24, 2.45) is 4.99 Å². The summed E-state index contributed by atoms with van der Waals surface area (Å²) in [6.45, 7) is 1.78. The van der Waals surface area contributed by atoms with Crippen LogP contribution in [0.4, 0.5) is 0 Å². The third-order valence-electron chi connectivity index (χ3n) is 2.32. The number of aliphatic imine (C=N–C) groups is 1. The molecule has 0 aliphatic carbocycles. The molecular weight excluding hydrogens is 176 g/mol. The number of amides is 1. The van der Waals surface area contributed by atoms with E-state index in [1.807, 2.05) is 24.3 Å². The van der Waals surface area contributed by atoms with Gasteiger partial charge in [-0.05, 0) is 12.5 Å². The summed E-state index contributed by atoms with van der Waals surface area (Å²) in [5.41, 5.74) is 2.36. The van der Waals surface area contributed by atoms with Crippen molar-refractivity contribution < 1.29 is 4.79 Å². The topological polar surface area (TPSA) is 53.2 Å². The minimum Gasteiger partial charge on any atom is -0.271 e. The number of hydrogen-bond acceptors (Lipinski definition) is 2. The highest BCUT2D eigenvalue weighted by molar-refractivity contribution is 6.11. The van der Waals surface area contributed by atoms with Gasteiger partial charge in [0.05, 0.1) is 6.07 Å². The summed E-state index contributed by atoms with van der Waals surface area (Å²) >= 11 is 0. The molecule has 1 unspecified atom stereocenters. The van der Waals surface area contributed by atoms with Crippen LogP contribution < -0.4 is 0 Å². The Kier molecular flexibility index (Phi) is 1.90. The Balaban J connectivity index is 2.67. The maximum absolute atomic E-state index is 11.4. The molecule has 1 aliphatic rings. The second-order valence-electron chi connectivity index (χ2n) is 3.18. The monoisotopic (exact) mass is 184 g/mol. The van der Waals surface area contributed by atoms with Crippen LogP contribution >= 0.6 is 0 Å². The van der Waals surface area contributed by atoms with Gasteiger partial charge in [-0.2, -0.15) is 5.26 Å². The zero-order chi connectivity index (χ0) is 10.1. The Bertz CT molecular complexity index is 468. The van der Waals surface area contributed by atoms with Crippen LogP contribution in [0.3, 0.4) is 0 Å². The van der Waals surface area contributed by atoms with Crippen LogP contribution in [0.25, 0.3) is 0 Å². The van der Waals surface area contributed by atoms with Gasteiger partial charge >= 0.3 is 0 Å². The van der Waals surface area contributed by atoms with E-state index < -0.39 is 5.92 Å². The van der Waals surface area contributed by atoms with Gasteiger partial charge in [0.15, 0.2) is 5.92 Å². The first-order chi connectivity index (χ1) is 6.74. The third kappa shape index (κ3) is 1.12. The van der Waals surface area contributed by atoms with E-state index in [2.05, 4.69) is 4.99 Å². The van der Waals surface area contributed by atoms with Gasteiger partial charge < -0.3 is 0 Å². The van der Waals surface area contributed by atoms with E-state index >= 15 is 0 Å². The van der Waals surface area contributed by atoms with Gasteiger partial charge in [0, 0.05) is 11.3 Å². The number of hydrogen-bond donors (Lipinski definition) is 0. The molecule has 1 aromatic rings. The van der Waals surface area contributed by atoms with E-state index in [0.29, 0.717) is 5.71 Å². The second-order valence-corrected chi connectivity index (χ2v) is 3.18. The van der Waals surface area contributed by atoms with Gasteiger partial charge in [-0.15, -0.1) is 0 Å². The lowest BCUT2D eigenvalue weighted by Crippen LogP contribution is -2.19. The molecule has 1 heterocycles. The first-order valence-corrected chi connectivity index (χ1v) is 4.32. The van der Waals surface area contributed by atoms with Crippen molar-refractivity contribution in [3.05, 3.63) is 35.4 Å². The largest absolute Gasteiger partial charge is 0.271 e. The summed E-state index contributed by atoms with van der Waals surface area (Å²) in [6, 6.07) is 9.36. The summed E-state index contributed by atoms with van der Waals surface area (Å²) in [7, 11) is 0. The van der Waals surface area contributed by atoms with Crippen molar-refractivity contribution in [3.63, 3.8) is 0 Å². The van der Waals surface area contributed by atoms with Crippen molar-refractivity contribution >= 4 is 11.6 Å². The number of rotatable bonds is 0. The Hall–Kier alpha value is -1.95. The normalized spacial score (nSPS) is 19.6. The first kappa shape index (κ1) is 8.64. The number of nitrogens with zero attached hydrogens (tertiary/aromatic N) is 2. The van der Waals surface area contributed by atoms with E-state index in [-0.39, 0.29) is 5.91 Å². The lowest BCUT2D eigenvalue weighted by Gasteiger charge is -2.16. The molecule has 1 aromatic carbocycles. The molecule has 14 heavy (non-hydrogen) atoms. The molecule has 1 aliphatic heterocycles. The molecule has 3 nitrogen and oxygen atoms in total. The van der Waals surface area contributed by atoms with Crippen molar-refractivity contribution in [2.45, 2.75) is 12.8 Å². The summed E-state index contributed by atoms with van der Waals surface area (Å²) in [5.74, 6) is -1.08. The molecule has 3 heteroatoms. The van der Waals surface area contributed by atoms with Crippen molar-refractivity contribution in [1.82, 2.24) is 0 Å². The maximum atomic E-state index is 11.4. The first-order valence-electron chi connectivity index (χ1n) is 4.32. The van der Waals surface area contributed by atoms with E-state index in [0.717, 1.165) is 11.1 Å². The molecule has 0 saturated heterocycles. The van der Waals surface area contributed by atoms with Crippen LogP contribution in [0.5, 0.6) is 0 Å². The molecule has 1 atom stereocenters. The molecule has 1 amide bonds. The van der Waals surface area contributed by atoms with E-state index in [1.165, 1.54) is 0 Å². The van der Waals surface area contributed by atoms with Gasteiger partial charge in [-0.3, -0.25) is 4.79 Å². The predicted molar refractivity (Wildman–Crippen MR) is 52.0 cm³/mol. The lowest BCUT2D eigenvalue weighted by molar-refractivity contribution is -0.118. The third-order valence-corrected chi connectivity index (χ3v) is 2.32. The molecule has 2 rings (SSSR count). The fourth-order valence-electron chi connectivity index (χ4n) is 1.63. The SMILES string of the molecule is CC1=NC(=O)C(C#N)c2ccccc21. The highest BCUT2D eigenvalue weighted by Gasteiger charge is 2.27. The molecule has 68 valence electrons. The van der Waals surface area contributed by atoms with Crippen molar-refractivity contribution in [3.8, 4) is 6.07 Å². The standard InChI is InChI=1S/C11H8N2O/c1-7-8-4-2-3-5-9(8)10(6-12)11(14)13-7/h2-5,10H,1H3. The van der Waals surface area contributed by atoms with Crippen LogP contribution in [0.2, 0.25) is 0 Å². The number of carbonyl (C=O) groups excluding carboxylic acids is 1. The molecule has 0 N–H and O–H groups in total. The van der Waals surface area contributed by atoms with Gasteiger partial charge in [0.2, 0.25) is 0 Å². The Labute approximate surface area is 81.7 Å². The highest BCUT2D eigenvalue weighted by atomic mass is 16.1. The fourth-order valence-corrected chi connectivity index (χ4v) is 1.63. The van der Waals surface area contributed by atoms with E-state index in [4.69, 9.17) is 5.26 Å². The van der Waals surface area contributed by atoms with Crippen LogP contribution in [-0.4, -0.2) is 11.6 Å². The second kappa shape index (κ2) is 3.08. The molecule has 0 fully saturated rings. The fraction of sp³-hybridized carbons (Fsp3) is 0.182. The van der Waals surface area contributed by atoms with Crippen molar-refractivity contribution in [2.75, 3.05) is 0 Å². The van der Waals surface area contributed by atoms with Crippen LogP contribution in [0.1, 0.15) is 24.0 Å². The molecule has 0 radical (unpaired) electrons. The Morgan fingerprint density at radius 1 is 1.43 bits per heavy atom. The molecule has 0 aromatic heterocycles. The van der Waals surface area contributed by atoms with E-state index in [1.54, 1.807) is 13.0 Å². The van der Waals surface area contributed by atoms with Gasteiger partial charge in [0.25, 0.3) is 5.91 Å². The van der Waals surface area contributed by atoms with Crippen LogP contribution in [0, 0.1) is 11.3 Å². The van der Waals surface area contributed by atoms with Crippen LogP contribution in [-0.2, 0) is 4.79 Å². The predicted octanol–water partition coefficient (Wildman–Crippen LogP) is 1.64. The highest BCUT2D eigenvalue weighted by Crippen LogP contribution is 2.25. The smallest absolute Gasteiger partial charge is 0.267 e. The summed E-state index contributed by atoms with van der Waals surface area (Å²) < 4.78 is 0. The summed E-state index contributed by atoms with van der Waals surface area (Å²) in [5, 5.41) is 8.85. The number of benzene rings is 1. The lowest BCUT2D eigenvalue weighted by atomic mass is 9.90. The van der Waals surface area contributed by atoms with Gasteiger partial charge in [0.1, 0.15) is 0 Å². The minimum atomic E-state index is -0.727. The summed E-state index contributed by atoms with van der Waals surface area (Å²) in [6.07, 6.45) is 0. The zero-order valence-corrected chi connectivity index (χ0v) is 7.69. The molecule has 0 saturated carbocycles. The molecular formula is C11H8N2O.